The number of aliphatic hydroxyl groups excluding tert-OH is 1. The highest BCUT2D eigenvalue weighted by Crippen LogP contribution is 2.29. The van der Waals surface area contributed by atoms with Crippen molar-refractivity contribution in [3.05, 3.63) is 0 Å². The third-order valence-corrected chi connectivity index (χ3v) is 2.50. The second-order valence-corrected chi connectivity index (χ2v) is 4.51. The fourth-order valence-corrected chi connectivity index (χ4v) is 1.67. The molecule has 0 aromatic heterocycles. The molecule has 0 atom stereocenters. The Morgan fingerprint density at radius 3 is 2.43 bits per heavy atom. The molecule has 1 saturated heterocycles. The molecule has 14 heavy (non-hydrogen) atoms. The Kier molecular flexibility index (Phi) is 3.50. The molecule has 1 aliphatic rings. The average molecular weight is 201 g/mol. The van der Waals surface area contributed by atoms with Crippen LogP contribution in [-0.4, -0.2) is 49.3 Å². The normalized spacial score (nSPS) is 19.2. The fraction of sp³-hybridized carbons (Fsp3) is 0.900. The summed E-state index contributed by atoms with van der Waals surface area (Å²) in [4.78, 5) is 13.6. The Bertz CT molecular complexity index is 206. The van der Waals surface area contributed by atoms with Gasteiger partial charge in [0.2, 0.25) is 5.91 Å². The number of nitrogens with zero attached hydrogens (tertiary/aromatic N) is 1. The van der Waals surface area contributed by atoms with Crippen LogP contribution in [0.5, 0.6) is 0 Å². The Morgan fingerprint density at radius 1 is 1.57 bits per heavy atom. The molecule has 4 nitrogen and oxygen atoms in total. The number of ether oxygens (including phenoxy) is 1. The van der Waals surface area contributed by atoms with Gasteiger partial charge in [-0.1, -0.05) is 13.8 Å². The van der Waals surface area contributed by atoms with Gasteiger partial charge < -0.3 is 14.7 Å². The summed E-state index contributed by atoms with van der Waals surface area (Å²) in [5.74, 6) is 0.445. The monoisotopic (exact) mass is 201 g/mol. The third-order valence-electron chi connectivity index (χ3n) is 2.50. The molecule has 0 radical (unpaired) electrons. The van der Waals surface area contributed by atoms with Crippen LogP contribution >= 0.6 is 0 Å². The number of hydrogen-bond donors (Lipinski definition) is 1. The van der Waals surface area contributed by atoms with Gasteiger partial charge in [0.05, 0.1) is 19.8 Å². The zero-order chi connectivity index (χ0) is 10.8. The second-order valence-electron chi connectivity index (χ2n) is 4.51. The van der Waals surface area contributed by atoms with Crippen LogP contribution in [0.4, 0.5) is 0 Å². The molecular weight excluding hydrogens is 182 g/mol. The fourth-order valence-electron chi connectivity index (χ4n) is 1.67. The standard InChI is InChI=1S/C10H19NO3/c1-8(2)4-11(3)9(13)10(5-12)6-14-7-10/h8,12H,4-7H2,1-3H3. The van der Waals surface area contributed by atoms with Crippen molar-refractivity contribution in [2.45, 2.75) is 13.8 Å². The van der Waals surface area contributed by atoms with Crippen LogP contribution in [0.3, 0.4) is 0 Å². The van der Waals surface area contributed by atoms with Crippen LogP contribution in [-0.2, 0) is 9.53 Å². The predicted molar refractivity (Wildman–Crippen MR) is 52.8 cm³/mol. The quantitative estimate of drug-likeness (QED) is 0.702. The van der Waals surface area contributed by atoms with E-state index in [4.69, 9.17) is 9.84 Å². The molecule has 1 heterocycles. The third kappa shape index (κ3) is 2.07. The molecule has 1 rings (SSSR count). The minimum Gasteiger partial charge on any atom is -0.395 e. The Morgan fingerprint density at radius 2 is 2.14 bits per heavy atom. The summed E-state index contributed by atoms with van der Waals surface area (Å²) >= 11 is 0. The number of carbonyl (C=O) groups excluding carboxylic acids is 1. The number of amides is 1. The number of carbonyl (C=O) groups is 1. The first kappa shape index (κ1) is 11.5. The summed E-state index contributed by atoms with van der Waals surface area (Å²) in [6.07, 6.45) is 0. The molecule has 1 aliphatic heterocycles. The molecule has 1 fully saturated rings. The van der Waals surface area contributed by atoms with Gasteiger partial charge in [-0.15, -0.1) is 0 Å². The highest BCUT2D eigenvalue weighted by atomic mass is 16.5. The number of hydrogen-bond acceptors (Lipinski definition) is 3. The van der Waals surface area contributed by atoms with Gasteiger partial charge in [0, 0.05) is 13.6 Å². The van der Waals surface area contributed by atoms with Gasteiger partial charge in [-0.3, -0.25) is 4.79 Å². The molecule has 4 heteroatoms. The van der Waals surface area contributed by atoms with Gasteiger partial charge in [-0.05, 0) is 5.92 Å². The van der Waals surface area contributed by atoms with E-state index in [0.717, 1.165) is 6.54 Å². The van der Waals surface area contributed by atoms with Gasteiger partial charge in [-0.25, -0.2) is 0 Å². The first-order valence-electron chi connectivity index (χ1n) is 4.96. The molecule has 0 aromatic carbocycles. The van der Waals surface area contributed by atoms with Crippen LogP contribution in [0.2, 0.25) is 0 Å². The molecule has 0 unspecified atom stereocenters. The van der Waals surface area contributed by atoms with Gasteiger partial charge in [0.15, 0.2) is 0 Å². The maximum Gasteiger partial charge on any atom is 0.235 e. The van der Waals surface area contributed by atoms with Crippen molar-refractivity contribution in [1.29, 1.82) is 0 Å². The SMILES string of the molecule is CC(C)CN(C)C(=O)C1(CO)COC1. The van der Waals surface area contributed by atoms with Gasteiger partial charge in [-0.2, -0.15) is 0 Å². The first-order chi connectivity index (χ1) is 6.52. The van der Waals surface area contributed by atoms with Gasteiger partial charge in [0.1, 0.15) is 5.41 Å². The van der Waals surface area contributed by atoms with Crippen LogP contribution in [0.25, 0.3) is 0 Å². The minimum atomic E-state index is -0.649. The van der Waals surface area contributed by atoms with Crippen molar-refractivity contribution < 1.29 is 14.6 Å². The zero-order valence-corrected chi connectivity index (χ0v) is 9.12. The lowest BCUT2D eigenvalue weighted by Gasteiger charge is -2.41. The van der Waals surface area contributed by atoms with E-state index in [1.165, 1.54) is 0 Å². The topological polar surface area (TPSA) is 49.8 Å². The Labute approximate surface area is 84.8 Å². The smallest absolute Gasteiger partial charge is 0.235 e. The molecule has 1 amide bonds. The molecule has 0 aliphatic carbocycles. The van der Waals surface area contributed by atoms with Crippen LogP contribution < -0.4 is 0 Å². The second kappa shape index (κ2) is 4.28. The molecule has 0 saturated carbocycles. The molecule has 0 aromatic rings. The van der Waals surface area contributed by atoms with E-state index >= 15 is 0 Å². The van der Waals surface area contributed by atoms with Crippen LogP contribution in [0, 0.1) is 11.3 Å². The summed E-state index contributed by atoms with van der Waals surface area (Å²) in [5.41, 5.74) is -0.649. The first-order valence-corrected chi connectivity index (χ1v) is 4.96. The lowest BCUT2D eigenvalue weighted by atomic mass is 9.85. The lowest BCUT2D eigenvalue weighted by Crippen LogP contribution is -2.57. The maximum atomic E-state index is 11.9. The van der Waals surface area contributed by atoms with Crippen molar-refractivity contribution in [3.63, 3.8) is 0 Å². The lowest BCUT2D eigenvalue weighted by molar-refractivity contribution is -0.179. The molecule has 0 bridgehead atoms. The number of rotatable bonds is 4. The van der Waals surface area contributed by atoms with E-state index in [1.807, 2.05) is 0 Å². The number of aliphatic hydroxyl groups is 1. The Hall–Kier alpha value is -0.610. The molecule has 1 N–H and O–H groups in total. The van der Waals surface area contributed by atoms with E-state index < -0.39 is 5.41 Å². The minimum absolute atomic E-state index is 0.0000463. The van der Waals surface area contributed by atoms with Gasteiger partial charge in [0.25, 0.3) is 0 Å². The average Bonchev–Trinajstić information content (AvgIpc) is 2.01. The van der Waals surface area contributed by atoms with Crippen molar-refractivity contribution in [3.8, 4) is 0 Å². The van der Waals surface area contributed by atoms with E-state index in [0.29, 0.717) is 19.1 Å². The van der Waals surface area contributed by atoms with E-state index in [9.17, 15) is 4.79 Å². The summed E-state index contributed by atoms with van der Waals surface area (Å²) in [7, 11) is 1.78. The van der Waals surface area contributed by atoms with Crippen LogP contribution in [0.1, 0.15) is 13.8 Å². The van der Waals surface area contributed by atoms with E-state index in [2.05, 4.69) is 13.8 Å². The highest BCUT2D eigenvalue weighted by molar-refractivity contribution is 5.83. The summed E-state index contributed by atoms with van der Waals surface area (Å²) in [6.45, 7) is 5.43. The summed E-state index contributed by atoms with van der Waals surface area (Å²) in [5, 5.41) is 9.16. The molecule has 82 valence electrons. The maximum absolute atomic E-state index is 11.9. The predicted octanol–water partition coefficient (Wildman–Crippen LogP) is 0.110. The van der Waals surface area contributed by atoms with Crippen molar-refractivity contribution in [1.82, 2.24) is 4.90 Å². The van der Waals surface area contributed by atoms with Crippen molar-refractivity contribution in [2.24, 2.45) is 11.3 Å². The van der Waals surface area contributed by atoms with Crippen LogP contribution in [0.15, 0.2) is 0 Å². The van der Waals surface area contributed by atoms with E-state index in [-0.39, 0.29) is 12.5 Å². The zero-order valence-electron chi connectivity index (χ0n) is 9.12. The van der Waals surface area contributed by atoms with Crippen molar-refractivity contribution >= 4 is 5.91 Å². The molecule has 0 spiro atoms. The summed E-state index contributed by atoms with van der Waals surface area (Å²) < 4.78 is 5.00. The molecular formula is C10H19NO3. The Balaban J connectivity index is 2.54. The highest BCUT2D eigenvalue weighted by Gasteiger charge is 2.46. The van der Waals surface area contributed by atoms with Crippen molar-refractivity contribution in [2.75, 3.05) is 33.4 Å². The van der Waals surface area contributed by atoms with Gasteiger partial charge >= 0.3 is 0 Å². The summed E-state index contributed by atoms with van der Waals surface area (Å²) in [6, 6.07) is 0. The van der Waals surface area contributed by atoms with E-state index in [1.54, 1.807) is 11.9 Å². The largest absolute Gasteiger partial charge is 0.395 e.